The molecular weight excluding hydrogens is 195 g/mol. The van der Waals surface area contributed by atoms with Gasteiger partial charge >= 0.3 is 0 Å². The van der Waals surface area contributed by atoms with E-state index in [1.54, 1.807) is 6.07 Å². The molecule has 78 valence electrons. The van der Waals surface area contributed by atoms with Crippen molar-refractivity contribution in [1.82, 2.24) is 5.32 Å². The number of nitrogens with one attached hydrogen (secondary N) is 1. The molecule has 0 heterocycles. The summed E-state index contributed by atoms with van der Waals surface area (Å²) in [5, 5.41) is 2.48. The van der Waals surface area contributed by atoms with Gasteiger partial charge in [-0.2, -0.15) is 0 Å². The number of rotatable bonds is 1. The average molecular weight is 206 g/mol. The number of hydrogen-bond donors (Lipinski definition) is 2. The summed E-state index contributed by atoms with van der Waals surface area (Å²) in [5.41, 5.74) is 6.00. The molecule has 1 amide bonds. The van der Waals surface area contributed by atoms with Gasteiger partial charge in [0.1, 0.15) is 5.82 Å². The molecular formula is C11H11FN2O. The summed E-state index contributed by atoms with van der Waals surface area (Å²) in [7, 11) is 0. The van der Waals surface area contributed by atoms with E-state index >= 15 is 0 Å². The van der Waals surface area contributed by atoms with Crippen LogP contribution in [-0.2, 0) is 4.79 Å². The van der Waals surface area contributed by atoms with E-state index in [2.05, 4.69) is 17.2 Å². The van der Waals surface area contributed by atoms with Crippen molar-refractivity contribution >= 4 is 11.6 Å². The SMILES string of the molecule is CC(=O)NCC#Cc1c(N)cccc1F. The Labute approximate surface area is 87.5 Å². The van der Waals surface area contributed by atoms with E-state index in [1.165, 1.54) is 19.1 Å². The molecule has 0 aliphatic rings. The summed E-state index contributed by atoms with van der Waals surface area (Å²) in [5.74, 6) is 4.56. The zero-order valence-corrected chi connectivity index (χ0v) is 8.30. The van der Waals surface area contributed by atoms with Gasteiger partial charge in [-0.25, -0.2) is 4.39 Å². The molecule has 15 heavy (non-hydrogen) atoms. The van der Waals surface area contributed by atoms with Gasteiger partial charge in [0.05, 0.1) is 17.8 Å². The monoisotopic (exact) mass is 206 g/mol. The molecule has 0 spiro atoms. The van der Waals surface area contributed by atoms with Crippen molar-refractivity contribution in [2.75, 3.05) is 12.3 Å². The van der Waals surface area contributed by atoms with Crippen molar-refractivity contribution in [3.8, 4) is 11.8 Å². The molecule has 0 saturated carbocycles. The van der Waals surface area contributed by atoms with Gasteiger partial charge in [0.25, 0.3) is 0 Å². The van der Waals surface area contributed by atoms with Gasteiger partial charge in [-0.1, -0.05) is 17.9 Å². The molecule has 3 nitrogen and oxygen atoms in total. The minimum atomic E-state index is -0.453. The molecule has 0 aliphatic heterocycles. The fourth-order valence-corrected chi connectivity index (χ4v) is 0.974. The summed E-state index contributed by atoms with van der Waals surface area (Å²) in [6.07, 6.45) is 0. The predicted octanol–water partition coefficient (Wildman–Crippen LogP) is 0.895. The quantitative estimate of drug-likeness (QED) is 0.529. The van der Waals surface area contributed by atoms with Crippen molar-refractivity contribution < 1.29 is 9.18 Å². The largest absolute Gasteiger partial charge is 0.398 e. The zero-order chi connectivity index (χ0) is 11.3. The van der Waals surface area contributed by atoms with E-state index in [0.717, 1.165) is 0 Å². The minimum Gasteiger partial charge on any atom is -0.398 e. The first-order chi connectivity index (χ1) is 7.11. The Morgan fingerprint density at radius 3 is 2.93 bits per heavy atom. The van der Waals surface area contributed by atoms with Crippen molar-refractivity contribution in [1.29, 1.82) is 0 Å². The predicted molar refractivity (Wildman–Crippen MR) is 56.4 cm³/mol. The summed E-state index contributed by atoms with van der Waals surface area (Å²) < 4.78 is 13.2. The van der Waals surface area contributed by atoms with Crippen LogP contribution in [0.3, 0.4) is 0 Å². The molecule has 4 heteroatoms. The zero-order valence-electron chi connectivity index (χ0n) is 8.30. The van der Waals surface area contributed by atoms with Crippen LogP contribution >= 0.6 is 0 Å². The van der Waals surface area contributed by atoms with Crippen LogP contribution in [0.25, 0.3) is 0 Å². The highest BCUT2D eigenvalue weighted by Gasteiger charge is 2.01. The molecule has 0 atom stereocenters. The van der Waals surface area contributed by atoms with Crippen LogP contribution in [0.5, 0.6) is 0 Å². The van der Waals surface area contributed by atoms with Crippen molar-refractivity contribution in [3.05, 3.63) is 29.6 Å². The normalized spacial score (nSPS) is 8.93. The first-order valence-electron chi connectivity index (χ1n) is 4.38. The van der Waals surface area contributed by atoms with E-state index in [-0.39, 0.29) is 18.0 Å². The van der Waals surface area contributed by atoms with Gasteiger partial charge in [-0.05, 0) is 12.1 Å². The van der Waals surface area contributed by atoms with Crippen molar-refractivity contribution in [2.24, 2.45) is 0 Å². The van der Waals surface area contributed by atoms with Gasteiger partial charge in [-0.3, -0.25) is 4.79 Å². The summed E-state index contributed by atoms with van der Waals surface area (Å²) in [4.78, 5) is 10.5. The lowest BCUT2D eigenvalue weighted by Gasteiger charge is -1.98. The molecule has 0 unspecified atom stereocenters. The Hall–Kier alpha value is -2.02. The number of nitrogens with two attached hydrogens (primary N) is 1. The fraction of sp³-hybridized carbons (Fsp3) is 0.182. The van der Waals surface area contributed by atoms with E-state index in [9.17, 15) is 9.18 Å². The standard InChI is InChI=1S/C11H11FN2O/c1-8(15)14-7-3-4-9-10(12)5-2-6-11(9)13/h2,5-6H,7,13H2,1H3,(H,14,15). The van der Waals surface area contributed by atoms with Crippen LogP contribution in [0.1, 0.15) is 12.5 Å². The molecule has 0 saturated heterocycles. The number of amides is 1. The summed E-state index contributed by atoms with van der Waals surface area (Å²) >= 11 is 0. The van der Waals surface area contributed by atoms with Crippen LogP contribution in [0.2, 0.25) is 0 Å². The molecule has 0 aromatic heterocycles. The fourth-order valence-electron chi connectivity index (χ4n) is 0.974. The molecule has 1 rings (SSSR count). The number of carbonyl (C=O) groups is 1. The third-order valence-corrected chi connectivity index (χ3v) is 1.68. The molecule has 0 aliphatic carbocycles. The van der Waals surface area contributed by atoms with Gasteiger partial charge < -0.3 is 11.1 Å². The number of benzene rings is 1. The minimum absolute atomic E-state index is 0.169. The summed E-state index contributed by atoms with van der Waals surface area (Å²) in [6.45, 7) is 1.57. The maximum atomic E-state index is 13.2. The second-order valence-electron chi connectivity index (χ2n) is 2.92. The lowest BCUT2D eigenvalue weighted by Crippen LogP contribution is -2.19. The molecule has 1 aromatic rings. The maximum absolute atomic E-state index is 13.2. The number of anilines is 1. The van der Waals surface area contributed by atoms with E-state index in [1.807, 2.05) is 0 Å². The van der Waals surface area contributed by atoms with Gasteiger partial charge in [0.15, 0.2) is 0 Å². The third-order valence-electron chi connectivity index (χ3n) is 1.68. The van der Waals surface area contributed by atoms with Crippen molar-refractivity contribution in [2.45, 2.75) is 6.92 Å². The summed E-state index contributed by atoms with van der Waals surface area (Å²) in [6, 6.07) is 4.38. The Bertz CT molecular complexity index is 412. The first-order valence-corrected chi connectivity index (χ1v) is 4.38. The average Bonchev–Trinajstić information content (AvgIpc) is 2.15. The first kappa shape index (κ1) is 11.1. The van der Waals surface area contributed by atoms with Crippen LogP contribution in [-0.4, -0.2) is 12.5 Å². The van der Waals surface area contributed by atoms with Crippen LogP contribution in [0, 0.1) is 17.7 Å². The van der Waals surface area contributed by atoms with Gasteiger partial charge in [0.2, 0.25) is 5.91 Å². The highest BCUT2D eigenvalue weighted by Crippen LogP contribution is 2.13. The Balaban J connectivity index is 2.75. The van der Waals surface area contributed by atoms with Crippen molar-refractivity contribution in [3.63, 3.8) is 0 Å². The number of halogens is 1. The second kappa shape index (κ2) is 5.01. The third kappa shape index (κ3) is 3.31. The van der Waals surface area contributed by atoms with Crippen LogP contribution in [0.15, 0.2) is 18.2 Å². The van der Waals surface area contributed by atoms with E-state index < -0.39 is 5.82 Å². The topological polar surface area (TPSA) is 55.1 Å². The van der Waals surface area contributed by atoms with E-state index in [0.29, 0.717) is 5.69 Å². The highest BCUT2D eigenvalue weighted by atomic mass is 19.1. The number of hydrogen-bond acceptors (Lipinski definition) is 2. The lowest BCUT2D eigenvalue weighted by molar-refractivity contribution is -0.118. The van der Waals surface area contributed by atoms with Gasteiger partial charge in [-0.15, -0.1) is 0 Å². The van der Waals surface area contributed by atoms with E-state index in [4.69, 9.17) is 5.73 Å². The van der Waals surface area contributed by atoms with Crippen LogP contribution in [0.4, 0.5) is 10.1 Å². The lowest BCUT2D eigenvalue weighted by atomic mass is 10.2. The maximum Gasteiger partial charge on any atom is 0.217 e. The number of nitrogen functional groups attached to an aromatic ring is 1. The Kier molecular flexibility index (Phi) is 3.69. The number of carbonyl (C=O) groups excluding carboxylic acids is 1. The van der Waals surface area contributed by atoms with Crippen LogP contribution < -0.4 is 11.1 Å². The molecule has 0 radical (unpaired) electrons. The Morgan fingerprint density at radius 2 is 2.33 bits per heavy atom. The second-order valence-corrected chi connectivity index (χ2v) is 2.92. The molecule has 0 bridgehead atoms. The Morgan fingerprint density at radius 1 is 1.60 bits per heavy atom. The molecule has 3 N–H and O–H groups in total. The van der Waals surface area contributed by atoms with Gasteiger partial charge in [0, 0.05) is 6.92 Å². The smallest absolute Gasteiger partial charge is 0.217 e. The molecule has 1 aromatic carbocycles. The molecule has 0 fully saturated rings. The highest BCUT2D eigenvalue weighted by molar-refractivity contribution is 5.73.